The normalized spacial score (nSPS) is 22.8. The van der Waals surface area contributed by atoms with E-state index in [2.05, 4.69) is 5.32 Å². The predicted octanol–water partition coefficient (Wildman–Crippen LogP) is 3.12. The van der Waals surface area contributed by atoms with Gasteiger partial charge in [0.15, 0.2) is 5.79 Å². The van der Waals surface area contributed by atoms with E-state index in [1.54, 1.807) is 24.3 Å². The SMILES string of the molecule is O=C(NC1CCCCCC1)c1cccc(C(=O)N2CCC3(CC2)OCCO3)c1. The summed E-state index contributed by atoms with van der Waals surface area (Å²) in [6.45, 7) is 2.48. The van der Waals surface area contributed by atoms with Gasteiger partial charge in [-0.3, -0.25) is 9.59 Å². The van der Waals surface area contributed by atoms with Crippen LogP contribution in [-0.4, -0.2) is 54.8 Å². The summed E-state index contributed by atoms with van der Waals surface area (Å²) in [4.78, 5) is 27.4. The highest BCUT2D eigenvalue weighted by molar-refractivity contribution is 5.99. The fourth-order valence-electron chi connectivity index (χ4n) is 4.50. The predicted molar refractivity (Wildman–Crippen MR) is 105 cm³/mol. The van der Waals surface area contributed by atoms with Gasteiger partial charge in [0.2, 0.25) is 0 Å². The number of carbonyl (C=O) groups excluding carboxylic acids is 2. The van der Waals surface area contributed by atoms with E-state index < -0.39 is 5.79 Å². The van der Waals surface area contributed by atoms with Crippen LogP contribution in [0.1, 0.15) is 72.1 Å². The minimum absolute atomic E-state index is 0.0306. The molecule has 0 aromatic heterocycles. The highest BCUT2D eigenvalue weighted by atomic mass is 16.7. The molecule has 3 fully saturated rings. The van der Waals surface area contributed by atoms with Gasteiger partial charge in [-0.2, -0.15) is 0 Å². The number of likely N-dealkylation sites (tertiary alicyclic amines) is 1. The molecule has 0 radical (unpaired) electrons. The minimum atomic E-state index is -0.489. The first-order chi connectivity index (χ1) is 13.7. The number of rotatable bonds is 3. The Balaban J connectivity index is 1.37. The zero-order valence-corrected chi connectivity index (χ0v) is 16.5. The van der Waals surface area contributed by atoms with E-state index in [1.165, 1.54) is 25.7 Å². The zero-order chi connectivity index (χ0) is 19.4. The lowest BCUT2D eigenvalue weighted by molar-refractivity contribution is -0.181. The maximum absolute atomic E-state index is 12.9. The zero-order valence-electron chi connectivity index (χ0n) is 16.5. The van der Waals surface area contributed by atoms with E-state index in [4.69, 9.17) is 9.47 Å². The van der Waals surface area contributed by atoms with Crippen LogP contribution in [0.4, 0.5) is 0 Å². The lowest BCUT2D eigenvalue weighted by Crippen LogP contribution is -2.47. The Hall–Kier alpha value is -1.92. The number of amides is 2. The molecule has 4 rings (SSSR count). The van der Waals surface area contributed by atoms with Gasteiger partial charge in [-0.15, -0.1) is 0 Å². The van der Waals surface area contributed by atoms with E-state index >= 15 is 0 Å². The minimum Gasteiger partial charge on any atom is -0.349 e. The van der Waals surface area contributed by atoms with Gasteiger partial charge in [0.25, 0.3) is 11.8 Å². The summed E-state index contributed by atoms with van der Waals surface area (Å²) >= 11 is 0. The van der Waals surface area contributed by atoms with Crippen molar-refractivity contribution in [3.8, 4) is 0 Å². The van der Waals surface area contributed by atoms with Crippen molar-refractivity contribution in [3.05, 3.63) is 35.4 Å². The maximum Gasteiger partial charge on any atom is 0.253 e. The number of nitrogens with one attached hydrogen (secondary N) is 1. The van der Waals surface area contributed by atoms with Crippen LogP contribution in [0.25, 0.3) is 0 Å². The van der Waals surface area contributed by atoms with Crippen molar-refractivity contribution in [1.82, 2.24) is 10.2 Å². The first-order valence-corrected chi connectivity index (χ1v) is 10.6. The second-order valence-electron chi connectivity index (χ2n) is 8.14. The average molecular weight is 386 g/mol. The first kappa shape index (κ1) is 19.4. The van der Waals surface area contributed by atoms with Crippen molar-refractivity contribution in [3.63, 3.8) is 0 Å². The van der Waals surface area contributed by atoms with Crippen LogP contribution in [-0.2, 0) is 9.47 Å². The molecular weight excluding hydrogens is 356 g/mol. The summed E-state index contributed by atoms with van der Waals surface area (Å²) in [5, 5.41) is 3.16. The molecule has 2 amide bonds. The van der Waals surface area contributed by atoms with Gasteiger partial charge in [-0.25, -0.2) is 0 Å². The highest BCUT2D eigenvalue weighted by Crippen LogP contribution is 2.31. The molecule has 1 aliphatic carbocycles. The van der Waals surface area contributed by atoms with E-state index in [1.807, 2.05) is 4.90 Å². The smallest absolute Gasteiger partial charge is 0.253 e. The van der Waals surface area contributed by atoms with Crippen molar-refractivity contribution in [1.29, 1.82) is 0 Å². The van der Waals surface area contributed by atoms with Crippen LogP contribution in [0.2, 0.25) is 0 Å². The van der Waals surface area contributed by atoms with Gasteiger partial charge in [0, 0.05) is 43.1 Å². The molecule has 6 heteroatoms. The Labute approximate surface area is 166 Å². The van der Waals surface area contributed by atoms with Crippen LogP contribution in [0.3, 0.4) is 0 Å². The third-order valence-electron chi connectivity index (χ3n) is 6.19. The number of ether oxygens (including phenoxy) is 2. The number of carbonyl (C=O) groups is 2. The Morgan fingerprint density at radius 3 is 2.29 bits per heavy atom. The summed E-state index contributed by atoms with van der Waals surface area (Å²) < 4.78 is 11.5. The molecule has 0 atom stereocenters. The number of benzene rings is 1. The maximum atomic E-state index is 12.9. The standard InChI is InChI=1S/C22H30N2O4/c25-20(23-19-8-3-1-2-4-9-19)17-6-5-7-18(16-17)21(26)24-12-10-22(11-13-24)27-14-15-28-22/h5-7,16,19H,1-4,8-15H2,(H,23,25). The molecule has 28 heavy (non-hydrogen) atoms. The Morgan fingerprint density at radius 2 is 1.61 bits per heavy atom. The average Bonchev–Trinajstić information content (AvgIpc) is 3.02. The number of piperidine rings is 1. The van der Waals surface area contributed by atoms with Crippen molar-refractivity contribution >= 4 is 11.8 Å². The van der Waals surface area contributed by atoms with Crippen LogP contribution in [0.15, 0.2) is 24.3 Å². The highest BCUT2D eigenvalue weighted by Gasteiger charge is 2.40. The summed E-state index contributed by atoms with van der Waals surface area (Å²) in [6.07, 6.45) is 8.34. The van der Waals surface area contributed by atoms with Gasteiger partial charge in [-0.05, 0) is 31.0 Å². The van der Waals surface area contributed by atoms with Gasteiger partial charge < -0.3 is 19.7 Å². The summed E-state index contributed by atoms with van der Waals surface area (Å²) in [6, 6.07) is 7.34. The molecule has 1 aromatic carbocycles. The van der Waals surface area contributed by atoms with Gasteiger partial charge in [-0.1, -0.05) is 31.7 Å². The molecule has 2 heterocycles. The largest absolute Gasteiger partial charge is 0.349 e. The van der Waals surface area contributed by atoms with Crippen LogP contribution < -0.4 is 5.32 Å². The van der Waals surface area contributed by atoms with Crippen LogP contribution in [0, 0.1) is 0 Å². The van der Waals surface area contributed by atoms with E-state index in [-0.39, 0.29) is 17.9 Å². The number of hydrogen-bond acceptors (Lipinski definition) is 4. The summed E-state index contributed by atoms with van der Waals surface area (Å²) in [5.74, 6) is -0.596. The van der Waals surface area contributed by atoms with Crippen LogP contribution in [0.5, 0.6) is 0 Å². The van der Waals surface area contributed by atoms with Gasteiger partial charge in [0.05, 0.1) is 13.2 Å². The van der Waals surface area contributed by atoms with Crippen molar-refractivity contribution in [2.45, 2.75) is 63.2 Å². The second kappa shape index (κ2) is 8.62. The van der Waals surface area contributed by atoms with E-state index in [0.717, 1.165) is 12.8 Å². The fourth-order valence-corrected chi connectivity index (χ4v) is 4.50. The van der Waals surface area contributed by atoms with E-state index in [0.29, 0.717) is 50.3 Å². The lowest BCUT2D eigenvalue weighted by atomic mass is 10.0. The van der Waals surface area contributed by atoms with Crippen molar-refractivity contribution in [2.75, 3.05) is 26.3 Å². The Morgan fingerprint density at radius 1 is 0.964 bits per heavy atom. The molecular formula is C22H30N2O4. The fraction of sp³-hybridized carbons (Fsp3) is 0.636. The molecule has 1 aromatic rings. The lowest BCUT2D eigenvalue weighted by Gasteiger charge is -2.37. The van der Waals surface area contributed by atoms with Crippen LogP contribution >= 0.6 is 0 Å². The Bertz CT molecular complexity index is 696. The topological polar surface area (TPSA) is 67.9 Å². The van der Waals surface area contributed by atoms with Crippen molar-refractivity contribution < 1.29 is 19.1 Å². The molecule has 0 bridgehead atoms. The third-order valence-corrected chi connectivity index (χ3v) is 6.19. The quantitative estimate of drug-likeness (QED) is 0.811. The molecule has 2 aliphatic heterocycles. The molecule has 152 valence electrons. The van der Waals surface area contributed by atoms with Crippen molar-refractivity contribution in [2.24, 2.45) is 0 Å². The van der Waals surface area contributed by atoms with Gasteiger partial charge >= 0.3 is 0 Å². The molecule has 6 nitrogen and oxygen atoms in total. The number of hydrogen-bond donors (Lipinski definition) is 1. The monoisotopic (exact) mass is 386 g/mol. The Kier molecular flexibility index (Phi) is 5.97. The molecule has 2 saturated heterocycles. The number of nitrogens with zero attached hydrogens (tertiary/aromatic N) is 1. The molecule has 3 aliphatic rings. The third kappa shape index (κ3) is 4.39. The first-order valence-electron chi connectivity index (χ1n) is 10.6. The molecule has 1 saturated carbocycles. The van der Waals surface area contributed by atoms with E-state index in [9.17, 15) is 9.59 Å². The molecule has 1 N–H and O–H groups in total. The molecule has 1 spiro atoms. The van der Waals surface area contributed by atoms with Gasteiger partial charge in [0.1, 0.15) is 0 Å². The molecule has 0 unspecified atom stereocenters. The summed E-state index contributed by atoms with van der Waals surface area (Å²) in [7, 11) is 0. The second-order valence-corrected chi connectivity index (χ2v) is 8.14. The summed E-state index contributed by atoms with van der Waals surface area (Å²) in [5.41, 5.74) is 1.13.